The predicted molar refractivity (Wildman–Crippen MR) is 73.0 cm³/mol. The van der Waals surface area contributed by atoms with Crippen molar-refractivity contribution in [2.24, 2.45) is 0 Å². The van der Waals surface area contributed by atoms with Crippen molar-refractivity contribution in [3.8, 4) is 11.5 Å². The van der Waals surface area contributed by atoms with Gasteiger partial charge in [-0.25, -0.2) is 9.18 Å². The van der Waals surface area contributed by atoms with Crippen LogP contribution in [0.3, 0.4) is 0 Å². The lowest BCUT2D eigenvalue weighted by Crippen LogP contribution is -2.06. The van der Waals surface area contributed by atoms with E-state index in [0.717, 1.165) is 0 Å². The molecule has 1 heterocycles. The highest BCUT2D eigenvalue weighted by atomic mass is 19.1. The van der Waals surface area contributed by atoms with Crippen molar-refractivity contribution in [1.82, 2.24) is 10.2 Å². The Kier molecular flexibility index (Phi) is 3.19. The lowest BCUT2D eigenvalue weighted by Gasteiger charge is -2.10. The second-order valence-electron chi connectivity index (χ2n) is 4.26. The number of benzene rings is 2. The van der Waals surface area contributed by atoms with E-state index in [4.69, 9.17) is 4.74 Å². The number of ether oxygens (including phenoxy) is 1. The van der Waals surface area contributed by atoms with Crippen molar-refractivity contribution in [1.29, 1.82) is 0 Å². The van der Waals surface area contributed by atoms with Crippen LogP contribution in [-0.2, 0) is 0 Å². The van der Waals surface area contributed by atoms with Crippen molar-refractivity contribution in [3.05, 3.63) is 60.0 Å². The molecule has 3 rings (SSSR count). The third-order valence-corrected chi connectivity index (χ3v) is 2.84. The molecule has 0 fully saturated rings. The molecule has 0 saturated heterocycles. The summed E-state index contributed by atoms with van der Waals surface area (Å²) in [7, 11) is 0. The standard InChI is InChI=1S/C15H9FN2O3/c16-9-4-3-5-10(8-9)21-14-11-6-1-2-7-12(11)17-18-13(14)15(19)20/h1-8H,(H,19,20). The summed E-state index contributed by atoms with van der Waals surface area (Å²) in [6.45, 7) is 0. The summed E-state index contributed by atoms with van der Waals surface area (Å²) in [5, 5.41) is 17.2. The molecule has 1 aromatic heterocycles. The molecule has 0 amide bonds. The zero-order chi connectivity index (χ0) is 14.8. The molecule has 0 aliphatic heterocycles. The average Bonchev–Trinajstić information content (AvgIpc) is 2.47. The molecule has 0 bridgehead atoms. The zero-order valence-corrected chi connectivity index (χ0v) is 10.7. The van der Waals surface area contributed by atoms with Crippen molar-refractivity contribution in [2.75, 3.05) is 0 Å². The number of halogens is 1. The van der Waals surface area contributed by atoms with Crippen LogP contribution in [0.25, 0.3) is 10.9 Å². The first-order valence-electron chi connectivity index (χ1n) is 6.07. The number of carboxylic acids is 1. The molecule has 0 aliphatic carbocycles. The maximum Gasteiger partial charge on any atom is 0.360 e. The molecule has 2 aromatic carbocycles. The fourth-order valence-corrected chi connectivity index (χ4v) is 1.92. The Morgan fingerprint density at radius 3 is 2.67 bits per heavy atom. The first-order valence-corrected chi connectivity index (χ1v) is 6.07. The summed E-state index contributed by atoms with van der Waals surface area (Å²) in [6, 6.07) is 12.3. The van der Waals surface area contributed by atoms with Crippen LogP contribution in [0.1, 0.15) is 10.5 Å². The summed E-state index contributed by atoms with van der Waals surface area (Å²) < 4.78 is 18.8. The monoisotopic (exact) mass is 284 g/mol. The van der Waals surface area contributed by atoms with E-state index in [9.17, 15) is 14.3 Å². The van der Waals surface area contributed by atoms with Gasteiger partial charge in [0, 0.05) is 11.5 Å². The van der Waals surface area contributed by atoms with Gasteiger partial charge in [-0.1, -0.05) is 18.2 Å². The number of carboxylic acid groups (broad SMARTS) is 1. The molecule has 1 N–H and O–H groups in total. The third-order valence-electron chi connectivity index (χ3n) is 2.84. The molecule has 0 saturated carbocycles. The van der Waals surface area contributed by atoms with Crippen LogP contribution >= 0.6 is 0 Å². The molecule has 21 heavy (non-hydrogen) atoms. The van der Waals surface area contributed by atoms with Gasteiger partial charge in [0.1, 0.15) is 11.6 Å². The van der Waals surface area contributed by atoms with Gasteiger partial charge in [-0.2, -0.15) is 0 Å². The molecule has 0 aliphatic rings. The Balaban J connectivity index is 2.18. The van der Waals surface area contributed by atoms with Crippen LogP contribution < -0.4 is 4.74 Å². The molecule has 5 nitrogen and oxygen atoms in total. The largest absolute Gasteiger partial charge is 0.476 e. The summed E-state index contributed by atoms with van der Waals surface area (Å²) in [6.07, 6.45) is 0. The Hall–Kier alpha value is -3.02. The van der Waals surface area contributed by atoms with Crippen LogP contribution in [0.15, 0.2) is 48.5 Å². The van der Waals surface area contributed by atoms with Gasteiger partial charge >= 0.3 is 5.97 Å². The van der Waals surface area contributed by atoms with Gasteiger partial charge in [-0.3, -0.25) is 0 Å². The number of aromatic nitrogens is 2. The van der Waals surface area contributed by atoms with Gasteiger partial charge in [0.15, 0.2) is 5.75 Å². The van der Waals surface area contributed by atoms with E-state index in [-0.39, 0.29) is 17.2 Å². The van der Waals surface area contributed by atoms with Crippen LogP contribution in [0.5, 0.6) is 11.5 Å². The normalized spacial score (nSPS) is 10.5. The molecular weight excluding hydrogens is 275 g/mol. The Morgan fingerprint density at radius 1 is 1.10 bits per heavy atom. The minimum atomic E-state index is -1.26. The van der Waals surface area contributed by atoms with Crippen LogP contribution in [0.2, 0.25) is 0 Å². The van der Waals surface area contributed by atoms with E-state index in [1.165, 1.54) is 24.3 Å². The second kappa shape index (κ2) is 5.16. The van der Waals surface area contributed by atoms with Gasteiger partial charge in [-0.05, 0) is 24.3 Å². The predicted octanol–water partition coefficient (Wildman–Crippen LogP) is 3.26. The Bertz CT molecular complexity index is 836. The quantitative estimate of drug-likeness (QED) is 0.799. The van der Waals surface area contributed by atoms with Crippen LogP contribution in [-0.4, -0.2) is 21.3 Å². The number of hydrogen-bond donors (Lipinski definition) is 1. The van der Waals surface area contributed by atoms with Gasteiger partial charge in [0.05, 0.1) is 5.52 Å². The fourth-order valence-electron chi connectivity index (χ4n) is 1.92. The first kappa shape index (κ1) is 13.0. The van der Waals surface area contributed by atoms with Crippen LogP contribution in [0, 0.1) is 5.82 Å². The number of aromatic carboxylic acids is 1. The summed E-state index contributed by atoms with van der Waals surface area (Å²) >= 11 is 0. The SMILES string of the molecule is O=C(O)c1nnc2ccccc2c1Oc1cccc(F)c1. The van der Waals surface area contributed by atoms with E-state index >= 15 is 0 Å². The molecular formula is C15H9FN2O3. The lowest BCUT2D eigenvalue weighted by atomic mass is 10.2. The van der Waals surface area contributed by atoms with Gasteiger partial charge in [-0.15, -0.1) is 10.2 Å². The average molecular weight is 284 g/mol. The minimum Gasteiger partial charge on any atom is -0.476 e. The van der Waals surface area contributed by atoms with Gasteiger partial charge in [0.2, 0.25) is 5.69 Å². The Labute approximate surface area is 118 Å². The zero-order valence-electron chi connectivity index (χ0n) is 10.7. The number of rotatable bonds is 3. The number of hydrogen-bond acceptors (Lipinski definition) is 4. The smallest absolute Gasteiger partial charge is 0.360 e. The molecule has 0 spiro atoms. The minimum absolute atomic E-state index is 0.0405. The number of carbonyl (C=O) groups is 1. The maximum atomic E-state index is 13.2. The molecule has 0 unspecified atom stereocenters. The molecule has 0 atom stereocenters. The van der Waals surface area contributed by atoms with Crippen LogP contribution in [0.4, 0.5) is 4.39 Å². The van der Waals surface area contributed by atoms with E-state index < -0.39 is 11.8 Å². The van der Waals surface area contributed by atoms with E-state index in [1.807, 2.05) is 0 Å². The molecule has 6 heteroatoms. The topological polar surface area (TPSA) is 72.3 Å². The lowest BCUT2D eigenvalue weighted by molar-refractivity contribution is 0.0686. The third kappa shape index (κ3) is 2.51. The fraction of sp³-hybridized carbons (Fsp3) is 0. The van der Waals surface area contributed by atoms with Gasteiger partial charge < -0.3 is 9.84 Å². The Morgan fingerprint density at radius 2 is 1.90 bits per heavy atom. The summed E-state index contributed by atoms with van der Waals surface area (Å²) in [5.41, 5.74) is 0.173. The van der Waals surface area contributed by atoms with E-state index in [0.29, 0.717) is 10.9 Å². The molecule has 3 aromatic rings. The van der Waals surface area contributed by atoms with Crippen molar-refractivity contribution < 1.29 is 19.0 Å². The second-order valence-corrected chi connectivity index (χ2v) is 4.26. The van der Waals surface area contributed by atoms with Crippen molar-refractivity contribution in [2.45, 2.75) is 0 Å². The van der Waals surface area contributed by atoms with E-state index in [1.54, 1.807) is 24.3 Å². The van der Waals surface area contributed by atoms with Crippen molar-refractivity contribution >= 4 is 16.9 Å². The van der Waals surface area contributed by atoms with Gasteiger partial charge in [0.25, 0.3) is 0 Å². The molecule has 0 radical (unpaired) electrons. The maximum absolute atomic E-state index is 13.2. The van der Waals surface area contributed by atoms with E-state index in [2.05, 4.69) is 10.2 Å². The first-order chi connectivity index (χ1) is 10.1. The van der Waals surface area contributed by atoms with Crippen molar-refractivity contribution in [3.63, 3.8) is 0 Å². The summed E-state index contributed by atoms with van der Waals surface area (Å²) in [5.74, 6) is -1.51. The highest BCUT2D eigenvalue weighted by molar-refractivity contribution is 5.96. The summed E-state index contributed by atoms with van der Waals surface area (Å²) in [4.78, 5) is 11.3. The highest BCUT2D eigenvalue weighted by Crippen LogP contribution is 2.31. The molecule has 104 valence electrons. The number of nitrogens with zero attached hydrogens (tertiary/aromatic N) is 2. The number of fused-ring (bicyclic) bond motifs is 1. The highest BCUT2D eigenvalue weighted by Gasteiger charge is 2.18.